The number of nitrogens with zero attached hydrogens (tertiary/aromatic N) is 2. The van der Waals surface area contributed by atoms with Crippen LogP contribution in [-0.2, 0) is 9.59 Å². The molecule has 1 aromatic heterocycles. The number of aliphatic carboxylic acids is 1. The van der Waals surface area contributed by atoms with E-state index in [0.717, 1.165) is 17.4 Å². The summed E-state index contributed by atoms with van der Waals surface area (Å²) in [5, 5.41) is 9.15. The normalized spacial score (nSPS) is 11.8. The molecule has 1 heterocycles. The van der Waals surface area contributed by atoms with Crippen LogP contribution in [0.3, 0.4) is 0 Å². The molecule has 1 atom stereocenters. The van der Waals surface area contributed by atoms with Crippen molar-refractivity contribution in [2.24, 2.45) is 0 Å². The van der Waals surface area contributed by atoms with Gasteiger partial charge in [-0.15, -0.1) is 0 Å². The molecule has 1 aromatic rings. The minimum atomic E-state index is -1.08. The fourth-order valence-electron chi connectivity index (χ4n) is 2.10. The van der Waals surface area contributed by atoms with Crippen molar-refractivity contribution in [3.63, 3.8) is 0 Å². The molecular formula is C16H24N2O5. The van der Waals surface area contributed by atoms with Crippen LogP contribution >= 0.6 is 0 Å². The number of likely N-dealkylation sites (N-methyl/N-ethyl adjacent to an activating group) is 1. The van der Waals surface area contributed by atoms with Crippen LogP contribution in [0.25, 0.3) is 0 Å². The van der Waals surface area contributed by atoms with E-state index in [-0.39, 0.29) is 24.7 Å². The number of pyridine rings is 1. The molecule has 23 heavy (non-hydrogen) atoms. The average Bonchev–Trinajstić information content (AvgIpc) is 2.53. The second-order valence-electron chi connectivity index (χ2n) is 5.30. The summed E-state index contributed by atoms with van der Waals surface area (Å²) in [4.78, 5) is 36.9. The van der Waals surface area contributed by atoms with E-state index < -0.39 is 17.6 Å². The lowest BCUT2D eigenvalue weighted by molar-refractivity contribution is -0.141. The first-order valence-corrected chi connectivity index (χ1v) is 7.73. The molecule has 0 aliphatic rings. The van der Waals surface area contributed by atoms with Crippen LogP contribution in [0.5, 0.6) is 5.75 Å². The van der Waals surface area contributed by atoms with Crippen molar-refractivity contribution in [2.75, 3.05) is 20.2 Å². The molecule has 1 amide bonds. The van der Waals surface area contributed by atoms with Gasteiger partial charge in [0.1, 0.15) is 6.04 Å². The maximum Gasteiger partial charge on any atom is 0.326 e. The SMILES string of the molecule is CCCCN(C)C(=O)COc1cccn(C(CC)C(=O)O)c1=O. The number of ether oxygens (including phenoxy) is 1. The molecule has 1 unspecified atom stereocenters. The smallest absolute Gasteiger partial charge is 0.326 e. The summed E-state index contributed by atoms with van der Waals surface area (Å²) in [5.74, 6) is -1.33. The number of hydrogen-bond donors (Lipinski definition) is 1. The van der Waals surface area contributed by atoms with Crippen molar-refractivity contribution < 1.29 is 19.4 Å². The Hall–Kier alpha value is -2.31. The molecule has 0 bridgehead atoms. The Labute approximate surface area is 135 Å². The highest BCUT2D eigenvalue weighted by atomic mass is 16.5. The van der Waals surface area contributed by atoms with Gasteiger partial charge in [0.05, 0.1) is 0 Å². The molecule has 0 radical (unpaired) electrons. The van der Waals surface area contributed by atoms with Gasteiger partial charge in [-0.05, 0) is 25.0 Å². The number of unbranched alkanes of at least 4 members (excludes halogenated alkanes) is 1. The zero-order valence-electron chi connectivity index (χ0n) is 13.8. The summed E-state index contributed by atoms with van der Waals surface area (Å²) in [7, 11) is 1.68. The summed E-state index contributed by atoms with van der Waals surface area (Å²) in [6.07, 6.45) is 3.57. The van der Waals surface area contributed by atoms with Gasteiger partial charge < -0.3 is 14.7 Å². The van der Waals surface area contributed by atoms with Crippen LogP contribution in [0.2, 0.25) is 0 Å². The highest BCUT2D eigenvalue weighted by Gasteiger charge is 2.20. The van der Waals surface area contributed by atoms with Gasteiger partial charge in [0, 0.05) is 19.8 Å². The standard InChI is InChI=1S/C16H24N2O5/c1-4-6-9-17(3)14(19)11-23-13-8-7-10-18(15(13)20)12(5-2)16(21)22/h7-8,10,12H,4-6,9,11H2,1-3H3,(H,21,22). The van der Waals surface area contributed by atoms with Gasteiger partial charge in [0.2, 0.25) is 0 Å². The van der Waals surface area contributed by atoms with Gasteiger partial charge in [0.25, 0.3) is 11.5 Å². The maximum atomic E-state index is 12.3. The summed E-state index contributed by atoms with van der Waals surface area (Å²) >= 11 is 0. The predicted molar refractivity (Wildman–Crippen MR) is 85.7 cm³/mol. The summed E-state index contributed by atoms with van der Waals surface area (Å²) in [6, 6.07) is 2.02. The zero-order chi connectivity index (χ0) is 17.4. The lowest BCUT2D eigenvalue weighted by atomic mass is 10.2. The van der Waals surface area contributed by atoms with E-state index in [4.69, 9.17) is 9.84 Å². The first-order chi connectivity index (χ1) is 10.9. The van der Waals surface area contributed by atoms with Crippen molar-refractivity contribution in [3.8, 4) is 5.75 Å². The molecule has 1 rings (SSSR count). The molecule has 128 valence electrons. The van der Waals surface area contributed by atoms with Gasteiger partial charge >= 0.3 is 5.97 Å². The lowest BCUT2D eigenvalue weighted by Crippen LogP contribution is -2.34. The third-order valence-electron chi connectivity index (χ3n) is 3.57. The Morgan fingerprint density at radius 2 is 2.09 bits per heavy atom. The first kappa shape index (κ1) is 18.7. The number of carboxylic acids is 1. The molecule has 7 heteroatoms. The highest BCUT2D eigenvalue weighted by Crippen LogP contribution is 2.11. The third-order valence-corrected chi connectivity index (χ3v) is 3.57. The molecule has 7 nitrogen and oxygen atoms in total. The summed E-state index contributed by atoms with van der Waals surface area (Å²) in [6.45, 7) is 4.11. The number of carbonyl (C=O) groups excluding carboxylic acids is 1. The van der Waals surface area contributed by atoms with E-state index >= 15 is 0 Å². The minimum Gasteiger partial charge on any atom is -0.480 e. The van der Waals surface area contributed by atoms with E-state index in [9.17, 15) is 14.4 Å². The minimum absolute atomic E-state index is 0.0237. The molecule has 0 aliphatic heterocycles. The van der Waals surface area contributed by atoms with Crippen molar-refractivity contribution in [1.82, 2.24) is 9.47 Å². The van der Waals surface area contributed by atoms with Crippen molar-refractivity contribution >= 4 is 11.9 Å². The Balaban J connectivity index is 2.81. The van der Waals surface area contributed by atoms with E-state index in [2.05, 4.69) is 0 Å². The number of amides is 1. The largest absolute Gasteiger partial charge is 0.480 e. The first-order valence-electron chi connectivity index (χ1n) is 7.73. The molecular weight excluding hydrogens is 300 g/mol. The van der Waals surface area contributed by atoms with E-state index in [1.165, 1.54) is 18.3 Å². The van der Waals surface area contributed by atoms with Crippen LogP contribution in [0.1, 0.15) is 39.2 Å². The van der Waals surface area contributed by atoms with Crippen molar-refractivity contribution in [2.45, 2.75) is 39.2 Å². The summed E-state index contributed by atoms with van der Waals surface area (Å²) < 4.78 is 6.41. The van der Waals surface area contributed by atoms with Crippen LogP contribution in [0.4, 0.5) is 0 Å². The Kier molecular flexibility index (Phi) is 7.31. The molecule has 0 fully saturated rings. The summed E-state index contributed by atoms with van der Waals surface area (Å²) in [5.41, 5.74) is -0.550. The van der Waals surface area contributed by atoms with E-state index in [1.807, 2.05) is 6.92 Å². The fourth-order valence-corrected chi connectivity index (χ4v) is 2.10. The molecule has 0 aliphatic carbocycles. The number of aromatic nitrogens is 1. The van der Waals surface area contributed by atoms with Gasteiger partial charge in [-0.3, -0.25) is 14.2 Å². The molecule has 1 N–H and O–H groups in total. The van der Waals surface area contributed by atoms with Gasteiger partial charge in [0.15, 0.2) is 12.4 Å². The second-order valence-corrected chi connectivity index (χ2v) is 5.30. The molecule has 0 spiro atoms. The van der Waals surface area contributed by atoms with Crippen molar-refractivity contribution in [1.29, 1.82) is 0 Å². The topological polar surface area (TPSA) is 88.8 Å². The third kappa shape index (κ3) is 5.12. The Morgan fingerprint density at radius 3 is 2.65 bits per heavy atom. The van der Waals surface area contributed by atoms with Gasteiger partial charge in [-0.2, -0.15) is 0 Å². The molecule has 0 saturated heterocycles. The van der Waals surface area contributed by atoms with Crippen molar-refractivity contribution in [3.05, 3.63) is 28.7 Å². The molecule has 0 saturated carbocycles. The predicted octanol–water partition coefficient (Wildman–Crippen LogP) is 1.52. The van der Waals surface area contributed by atoms with Crippen LogP contribution in [0.15, 0.2) is 23.1 Å². The quantitative estimate of drug-likeness (QED) is 0.744. The monoisotopic (exact) mass is 324 g/mol. The molecule has 0 aromatic carbocycles. The van der Waals surface area contributed by atoms with Crippen LogP contribution in [0, 0.1) is 0 Å². The Bertz CT molecular complexity index is 596. The van der Waals surface area contributed by atoms with E-state index in [0.29, 0.717) is 6.54 Å². The Morgan fingerprint density at radius 1 is 1.39 bits per heavy atom. The van der Waals surface area contributed by atoms with Gasteiger partial charge in [-0.25, -0.2) is 4.79 Å². The fraction of sp³-hybridized carbons (Fsp3) is 0.562. The lowest BCUT2D eigenvalue weighted by Gasteiger charge is -2.18. The number of carbonyl (C=O) groups is 2. The number of carboxylic acid groups (broad SMARTS) is 1. The highest BCUT2D eigenvalue weighted by molar-refractivity contribution is 5.77. The zero-order valence-corrected chi connectivity index (χ0v) is 13.8. The second kappa shape index (κ2) is 8.97. The number of hydrogen-bond acceptors (Lipinski definition) is 4. The number of rotatable bonds is 9. The van der Waals surface area contributed by atoms with E-state index in [1.54, 1.807) is 18.9 Å². The van der Waals surface area contributed by atoms with Crippen LogP contribution < -0.4 is 10.3 Å². The maximum absolute atomic E-state index is 12.3. The average molecular weight is 324 g/mol. The van der Waals surface area contributed by atoms with Crippen LogP contribution in [-0.4, -0.2) is 46.6 Å². The van der Waals surface area contributed by atoms with Gasteiger partial charge in [-0.1, -0.05) is 20.3 Å².